The maximum absolute atomic E-state index is 6.34. The second-order valence-electron chi connectivity index (χ2n) is 6.97. The Bertz CT molecular complexity index is 602. The number of nitrogens with zero attached hydrogens (tertiary/aromatic N) is 1. The second kappa shape index (κ2) is 8.15. The highest BCUT2D eigenvalue weighted by Crippen LogP contribution is 2.26. The van der Waals surface area contributed by atoms with Crippen molar-refractivity contribution in [1.29, 1.82) is 0 Å². The number of hydrogen-bond acceptors (Lipinski definition) is 1. The van der Waals surface area contributed by atoms with Crippen LogP contribution in [0.1, 0.15) is 24.0 Å². The molecule has 0 bridgehead atoms. The highest BCUT2D eigenvalue weighted by Gasteiger charge is 2.27. The van der Waals surface area contributed by atoms with Crippen molar-refractivity contribution in [1.82, 2.24) is 0 Å². The molecule has 0 N–H and O–H groups in total. The zero-order chi connectivity index (χ0) is 15.4. The number of ether oxygens (including phenoxy) is 1. The summed E-state index contributed by atoms with van der Waals surface area (Å²) >= 11 is 0. The molecule has 0 aromatic heterocycles. The van der Waals surface area contributed by atoms with Crippen LogP contribution >= 0.6 is 0 Å². The lowest BCUT2D eigenvalue weighted by atomic mass is 10.0. The van der Waals surface area contributed by atoms with E-state index in [0.717, 1.165) is 29.5 Å². The van der Waals surface area contributed by atoms with E-state index in [1.165, 1.54) is 24.2 Å². The predicted octanol–water partition coefficient (Wildman–Crippen LogP) is 0.899. The molecule has 1 saturated heterocycles. The average molecular weight is 423 g/mol. The molecule has 0 spiro atoms. The topological polar surface area (TPSA) is 9.23 Å². The van der Waals surface area contributed by atoms with Crippen molar-refractivity contribution in [3.05, 3.63) is 65.7 Å². The van der Waals surface area contributed by atoms with Gasteiger partial charge in [-0.3, -0.25) is 0 Å². The molecule has 0 saturated carbocycles. The lowest BCUT2D eigenvalue weighted by molar-refractivity contribution is -0.895. The van der Waals surface area contributed by atoms with E-state index in [4.69, 9.17) is 4.74 Å². The summed E-state index contributed by atoms with van der Waals surface area (Å²) in [5, 5.41) is 0. The molecule has 23 heavy (non-hydrogen) atoms. The number of halogens is 1. The molecule has 2 aromatic rings. The summed E-state index contributed by atoms with van der Waals surface area (Å²) in [6, 6.07) is 19.1. The first-order valence-corrected chi connectivity index (χ1v) is 8.23. The fourth-order valence-corrected chi connectivity index (χ4v) is 3.12. The van der Waals surface area contributed by atoms with Gasteiger partial charge in [-0.1, -0.05) is 48.5 Å². The van der Waals surface area contributed by atoms with Crippen molar-refractivity contribution in [2.24, 2.45) is 0 Å². The van der Waals surface area contributed by atoms with Crippen molar-refractivity contribution in [2.75, 3.05) is 27.2 Å². The van der Waals surface area contributed by atoms with E-state index in [9.17, 15) is 0 Å². The maximum Gasteiger partial charge on any atom is 0.123 e. The molecule has 0 amide bonds. The Balaban J connectivity index is 0.00000192. The van der Waals surface area contributed by atoms with E-state index in [2.05, 4.69) is 68.7 Å². The smallest absolute Gasteiger partial charge is 0.123 e. The molecule has 0 atom stereocenters. The van der Waals surface area contributed by atoms with Crippen LogP contribution < -0.4 is 28.7 Å². The third kappa shape index (κ3) is 5.21. The summed E-state index contributed by atoms with van der Waals surface area (Å²) in [6.07, 6.45) is 3.59. The molecule has 1 fully saturated rings. The van der Waals surface area contributed by atoms with Crippen molar-refractivity contribution in [3.8, 4) is 5.75 Å². The molecule has 1 heterocycles. The van der Waals surface area contributed by atoms with Gasteiger partial charge in [0.05, 0.1) is 27.2 Å². The minimum atomic E-state index is 0. The number of quaternary nitrogens is 1. The number of piperidine rings is 1. The van der Waals surface area contributed by atoms with Crippen LogP contribution in [0.5, 0.6) is 5.75 Å². The zero-order valence-corrected chi connectivity index (χ0v) is 16.2. The number of likely N-dealkylation sites (tertiary alicyclic amines) is 1. The van der Waals surface area contributed by atoms with Crippen molar-refractivity contribution in [3.63, 3.8) is 0 Å². The molecule has 2 nitrogen and oxygen atoms in total. The predicted molar refractivity (Wildman–Crippen MR) is 91.2 cm³/mol. The molecular formula is C20H26INO. The average Bonchev–Trinajstić information content (AvgIpc) is 2.52. The summed E-state index contributed by atoms with van der Waals surface area (Å²) in [5.74, 6) is 1.06. The lowest BCUT2D eigenvalue weighted by Gasteiger charge is -2.37. The van der Waals surface area contributed by atoms with Gasteiger partial charge in [-0.05, 0) is 17.2 Å². The normalized spacial score (nSPS) is 17.3. The quantitative estimate of drug-likeness (QED) is 0.525. The largest absolute Gasteiger partial charge is 1.00 e. The van der Waals surface area contributed by atoms with Gasteiger partial charge in [-0.15, -0.1) is 0 Å². The lowest BCUT2D eigenvalue weighted by Crippen LogP contribution is -3.00. The first-order valence-electron chi connectivity index (χ1n) is 8.23. The monoisotopic (exact) mass is 423 g/mol. The highest BCUT2D eigenvalue weighted by atomic mass is 127. The first-order chi connectivity index (χ1) is 10.6. The van der Waals surface area contributed by atoms with E-state index < -0.39 is 0 Å². The van der Waals surface area contributed by atoms with E-state index in [1.54, 1.807) is 0 Å². The third-order valence-electron chi connectivity index (χ3n) is 4.62. The van der Waals surface area contributed by atoms with Gasteiger partial charge in [0.2, 0.25) is 0 Å². The Hall–Kier alpha value is -1.07. The third-order valence-corrected chi connectivity index (χ3v) is 4.62. The molecule has 0 radical (unpaired) electrons. The Kier molecular flexibility index (Phi) is 6.48. The van der Waals surface area contributed by atoms with Gasteiger partial charge in [0.25, 0.3) is 0 Å². The molecule has 0 unspecified atom stereocenters. The molecular weight excluding hydrogens is 397 g/mol. The van der Waals surface area contributed by atoms with Crippen LogP contribution in [-0.2, 0) is 6.42 Å². The fourth-order valence-electron chi connectivity index (χ4n) is 3.12. The van der Waals surface area contributed by atoms with Gasteiger partial charge in [0.15, 0.2) is 0 Å². The van der Waals surface area contributed by atoms with Crippen LogP contribution in [0, 0.1) is 0 Å². The molecule has 1 aliphatic heterocycles. The number of rotatable bonds is 4. The van der Waals surface area contributed by atoms with Crippen molar-refractivity contribution in [2.45, 2.75) is 25.4 Å². The fraction of sp³-hybridized carbons (Fsp3) is 0.400. The molecule has 2 aromatic carbocycles. The Morgan fingerprint density at radius 1 is 0.913 bits per heavy atom. The summed E-state index contributed by atoms with van der Waals surface area (Å²) in [7, 11) is 4.61. The minimum absolute atomic E-state index is 0. The number of para-hydroxylation sites is 1. The van der Waals surface area contributed by atoms with Crippen LogP contribution in [0.4, 0.5) is 0 Å². The van der Waals surface area contributed by atoms with Crippen LogP contribution in [0.15, 0.2) is 54.6 Å². The standard InChI is InChI=1S/C20H26NO.HI/c1-21(2)14-12-19(13-15-21)22-20-11-7-6-10-18(20)16-17-8-4-3-5-9-17;/h3-11,19H,12-16H2,1-2H3;1H/q+1;/p-1. The van der Waals surface area contributed by atoms with Gasteiger partial charge < -0.3 is 33.2 Å². The summed E-state index contributed by atoms with van der Waals surface area (Å²) in [6.45, 7) is 2.40. The SMILES string of the molecule is C[N+]1(C)CCC(Oc2ccccc2Cc2ccccc2)CC1.[I-]. The Morgan fingerprint density at radius 3 is 2.22 bits per heavy atom. The van der Waals surface area contributed by atoms with E-state index in [-0.39, 0.29) is 24.0 Å². The van der Waals surface area contributed by atoms with Crippen LogP contribution in [-0.4, -0.2) is 37.8 Å². The van der Waals surface area contributed by atoms with E-state index in [1.807, 2.05) is 0 Å². The van der Waals surface area contributed by atoms with Gasteiger partial charge in [0.1, 0.15) is 11.9 Å². The summed E-state index contributed by atoms with van der Waals surface area (Å²) in [5.41, 5.74) is 2.62. The molecule has 0 aliphatic carbocycles. The van der Waals surface area contributed by atoms with Crippen LogP contribution in [0.25, 0.3) is 0 Å². The van der Waals surface area contributed by atoms with E-state index in [0.29, 0.717) is 6.10 Å². The Labute approximate surface area is 157 Å². The minimum Gasteiger partial charge on any atom is -1.00 e. The van der Waals surface area contributed by atoms with Gasteiger partial charge in [0, 0.05) is 19.3 Å². The maximum atomic E-state index is 6.34. The molecule has 124 valence electrons. The van der Waals surface area contributed by atoms with Crippen LogP contribution in [0.3, 0.4) is 0 Å². The van der Waals surface area contributed by atoms with Crippen molar-refractivity contribution < 1.29 is 33.2 Å². The van der Waals surface area contributed by atoms with E-state index >= 15 is 0 Å². The Morgan fingerprint density at radius 2 is 1.52 bits per heavy atom. The van der Waals surface area contributed by atoms with Gasteiger partial charge in [-0.2, -0.15) is 0 Å². The summed E-state index contributed by atoms with van der Waals surface area (Å²) < 4.78 is 7.46. The summed E-state index contributed by atoms with van der Waals surface area (Å²) in [4.78, 5) is 0. The number of hydrogen-bond donors (Lipinski definition) is 0. The first kappa shape index (κ1) is 18.3. The molecule has 3 rings (SSSR count). The second-order valence-corrected chi connectivity index (χ2v) is 6.97. The van der Waals surface area contributed by atoms with Crippen molar-refractivity contribution >= 4 is 0 Å². The van der Waals surface area contributed by atoms with Gasteiger partial charge >= 0.3 is 0 Å². The van der Waals surface area contributed by atoms with Crippen LogP contribution in [0.2, 0.25) is 0 Å². The van der Waals surface area contributed by atoms with Gasteiger partial charge in [-0.25, -0.2) is 0 Å². The molecule has 1 aliphatic rings. The zero-order valence-electron chi connectivity index (χ0n) is 14.0. The number of benzene rings is 2. The molecule has 3 heteroatoms. The highest BCUT2D eigenvalue weighted by molar-refractivity contribution is 5.37.